The Morgan fingerprint density at radius 3 is 2.57 bits per heavy atom. The topological polar surface area (TPSA) is 77.1 Å². The van der Waals surface area contributed by atoms with Crippen LogP contribution in [0.15, 0.2) is 24.3 Å². The van der Waals surface area contributed by atoms with Crippen LogP contribution < -0.4 is 4.74 Å². The quantitative estimate of drug-likeness (QED) is 0.565. The maximum absolute atomic E-state index is 11.8. The molecule has 0 saturated carbocycles. The van der Waals surface area contributed by atoms with Gasteiger partial charge in [-0.2, -0.15) is 10.3 Å². The van der Waals surface area contributed by atoms with Crippen LogP contribution in [-0.2, 0) is 4.74 Å². The van der Waals surface area contributed by atoms with Crippen LogP contribution in [0, 0.1) is 0 Å². The molecule has 0 radical (unpaired) electrons. The summed E-state index contributed by atoms with van der Waals surface area (Å²) >= 11 is 0. The molecule has 0 atom stereocenters. The third kappa shape index (κ3) is 4.81. The molecule has 0 aliphatic heterocycles. The fraction of sp³-hybridized carbons (Fsp3) is 0.471. The maximum atomic E-state index is 11.8. The van der Waals surface area contributed by atoms with Gasteiger partial charge in [-0.15, -0.1) is 5.10 Å². The molecule has 1 aromatic carbocycles. The third-order valence-electron chi connectivity index (χ3n) is 3.41. The zero-order chi connectivity index (χ0) is 16.5. The van der Waals surface area contributed by atoms with E-state index in [0.29, 0.717) is 12.3 Å². The minimum absolute atomic E-state index is 0.195. The summed E-state index contributed by atoms with van der Waals surface area (Å²) in [5.74, 6) is 0.332. The van der Waals surface area contributed by atoms with Gasteiger partial charge in [-0.05, 0) is 37.6 Å². The van der Waals surface area contributed by atoms with E-state index in [0.717, 1.165) is 24.3 Å². The average Bonchev–Trinajstić information content (AvgIpc) is 3.05. The van der Waals surface area contributed by atoms with E-state index in [9.17, 15) is 4.79 Å². The van der Waals surface area contributed by atoms with Crippen molar-refractivity contribution in [2.24, 2.45) is 0 Å². The largest absolute Gasteiger partial charge is 0.494 e. The molecule has 0 fully saturated rings. The van der Waals surface area contributed by atoms with Gasteiger partial charge in [-0.25, -0.2) is 4.79 Å². The highest BCUT2D eigenvalue weighted by Crippen LogP contribution is 2.23. The van der Waals surface area contributed by atoms with Crippen molar-refractivity contribution < 1.29 is 14.3 Å². The van der Waals surface area contributed by atoms with Crippen LogP contribution in [0.1, 0.15) is 50.0 Å². The highest BCUT2D eigenvalue weighted by atomic mass is 16.5. The van der Waals surface area contributed by atoms with Crippen molar-refractivity contribution >= 4 is 5.97 Å². The smallest absolute Gasteiger partial charge is 0.361 e. The van der Waals surface area contributed by atoms with Crippen LogP contribution in [0.4, 0.5) is 0 Å². The summed E-state index contributed by atoms with van der Waals surface area (Å²) in [6, 6.07) is 7.47. The predicted octanol–water partition coefficient (Wildman–Crippen LogP) is 3.61. The standard InChI is InChI=1S/C17H23N3O3/c1-3-5-6-7-12-23-14-10-8-13(9-11-14)15-16(19-20-18-15)17(21)22-4-2/h8-11H,3-7,12H2,1-2H3,(H,18,19,20). The van der Waals surface area contributed by atoms with Gasteiger partial charge in [0.15, 0.2) is 5.69 Å². The van der Waals surface area contributed by atoms with Crippen LogP contribution in [0.25, 0.3) is 11.3 Å². The summed E-state index contributed by atoms with van der Waals surface area (Å²) in [5.41, 5.74) is 1.47. The number of ether oxygens (including phenoxy) is 2. The van der Waals surface area contributed by atoms with Gasteiger partial charge >= 0.3 is 5.97 Å². The number of esters is 1. The number of hydrogen-bond donors (Lipinski definition) is 1. The van der Waals surface area contributed by atoms with Crippen LogP contribution in [0.3, 0.4) is 0 Å². The van der Waals surface area contributed by atoms with Crippen LogP contribution in [0.5, 0.6) is 5.75 Å². The van der Waals surface area contributed by atoms with Gasteiger partial charge < -0.3 is 9.47 Å². The molecule has 0 unspecified atom stereocenters. The Labute approximate surface area is 136 Å². The van der Waals surface area contributed by atoms with Crippen molar-refractivity contribution in [1.29, 1.82) is 0 Å². The Morgan fingerprint density at radius 2 is 1.87 bits per heavy atom. The molecule has 1 heterocycles. The lowest BCUT2D eigenvalue weighted by Crippen LogP contribution is -2.06. The van der Waals surface area contributed by atoms with Crippen molar-refractivity contribution in [3.8, 4) is 17.0 Å². The van der Waals surface area contributed by atoms with Crippen molar-refractivity contribution in [3.63, 3.8) is 0 Å². The molecule has 0 aliphatic carbocycles. The molecule has 0 amide bonds. The zero-order valence-electron chi connectivity index (χ0n) is 13.7. The van der Waals surface area contributed by atoms with E-state index in [1.165, 1.54) is 19.3 Å². The lowest BCUT2D eigenvalue weighted by Gasteiger charge is -2.07. The molecular weight excluding hydrogens is 294 g/mol. The van der Waals surface area contributed by atoms with Gasteiger partial charge in [0.05, 0.1) is 13.2 Å². The summed E-state index contributed by atoms with van der Waals surface area (Å²) in [6.45, 7) is 4.96. The van der Waals surface area contributed by atoms with Crippen molar-refractivity contribution in [1.82, 2.24) is 15.4 Å². The van der Waals surface area contributed by atoms with Gasteiger partial charge in [-0.1, -0.05) is 26.2 Å². The van der Waals surface area contributed by atoms with Gasteiger partial charge in [-0.3, -0.25) is 0 Å². The maximum Gasteiger partial charge on any atom is 0.361 e. The third-order valence-corrected chi connectivity index (χ3v) is 3.41. The Kier molecular flexibility index (Phi) is 6.59. The lowest BCUT2D eigenvalue weighted by molar-refractivity contribution is 0.0520. The number of rotatable bonds is 9. The van der Waals surface area contributed by atoms with E-state index < -0.39 is 5.97 Å². The number of carbonyl (C=O) groups is 1. The number of aromatic amines is 1. The summed E-state index contributed by atoms with van der Waals surface area (Å²) in [6.07, 6.45) is 4.71. The molecule has 124 valence electrons. The van der Waals surface area contributed by atoms with Gasteiger partial charge in [0.1, 0.15) is 11.4 Å². The highest BCUT2D eigenvalue weighted by Gasteiger charge is 2.18. The Morgan fingerprint density at radius 1 is 1.09 bits per heavy atom. The minimum Gasteiger partial charge on any atom is -0.494 e. The SMILES string of the molecule is CCCCCCOc1ccc(-c2n[nH]nc2C(=O)OCC)cc1. The monoisotopic (exact) mass is 317 g/mol. The number of nitrogens with one attached hydrogen (secondary N) is 1. The Bertz CT molecular complexity index is 608. The number of H-pyrrole nitrogens is 1. The van der Waals surface area contributed by atoms with Crippen LogP contribution >= 0.6 is 0 Å². The second kappa shape index (κ2) is 8.92. The molecule has 2 aromatic rings. The molecule has 2 rings (SSSR count). The van der Waals surface area contributed by atoms with E-state index >= 15 is 0 Å². The molecule has 0 spiro atoms. The summed E-state index contributed by atoms with van der Waals surface area (Å²) in [7, 11) is 0. The van der Waals surface area contributed by atoms with Crippen LogP contribution in [-0.4, -0.2) is 34.6 Å². The molecule has 1 aromatic heterocycles. The molecule has 0 saturated heterocycles. The van der Waals surface area contributed by atoms with Gasteiger partial charge in [0, 0.05) is 5.56 Å². The normalized spacial score (nSPS) is 10.5. The second-order valence-electron chi connectivity index (χ2n) is 5.17. The number of aromatic nitrogens is 3. The fourth-order valence-electron chi connectivity index (χ4n) is 2.20. The first-order chi connectivity index (χ1) is 11.3. The molecule has 1 N–H and O–H groups in total. The van der Waals surface area contributed by atoms with Gasteiger partial charge in [0.2, 0.25) is 0 Å². The lowest BCUT2D eigenvalue weighted by atomic mass is 10.1. The molecule has 0 aliphatic rings. The first-order valence-corrected chi connectivity index (χ1v) is 8.07. The molecule has 6 nitrogen and oxygen atoms in total. The van der Waals surface area contributed by atoms with E-state index in [1.54, 1.807) is 6.92 Å². The number of nitrogens with zero attached hydrogens (tertiary/aromatic N) is 2. The molecule has 23 heavy (non-hydrogen) atoms. The summed E-state index contributed by atoms with van der Waals surface area (Å²) in [4.78, 5) is 11.8. The van der Waals surface area contributed by atoms with E-state index in [-0.39, 0.29) is 5.69 Å². The van der Waals surface area contributed by atoms with Crippen molar-refractivity contribution in [2.75, 3.05) is 13.2 Å². The summed E-state index contributed by atoms with van der Waals surface area (Å²) in [5, 5.41) is 10.4. The number of unbranched alkanes of at least 4 members (excludes halogenated alkanes) is 3. The zero-order valence-corrected chi connectivity index (χ0v) is 13.7. The number of benzene rings is 1. The van der Waals surface area contributed by atoms with E-state index in [4.69, 9.17) is 9.47 Å². The van der Waals surface area contributed by atoms with E-state index in [2.05, 4.69) is 22.3 Å². The molecular formula is C17H23N3O3. The minimum atomic E-state index is -0.479. The van der Waals surface area contributed by atoms with Crippen molar-refractivity contribution in [2.45, 2.75) is 39.5 Å². The molecule has 6 heteroatoms. The van der Waals surface area contributed by atoms with E-state index in [1.807, 2.05) is 24.3 Å². The predicted molar refractivity (Wildman–Crippen MR) is 87.4 cm³/mol. The van der Waals surface area contributed by atoms with Crippen LogP contribution in [0.2, 0.25) is 0 Å². The number of hydrogen-bond acceptors (Lipinski definition) is 5. The first-order valence-electron chi connectivity index (χ1n) is 8.07. The number of carbonyl (C=O) groups excluding carboxylic acids is 1. The Balaban J connectivity index is 1.97. The second-order valence-corrected chi connectivity index (χ2v) is 5.17. The summed E-state index contributed by atoms with van der Waals surface area (Å²) < 4.78 is 10.7. The average molecular weight is 317 g/mol. The molecule has 0 bridgehead atoms. The first kappa shape index (κ1) is 17.0. The highest BCUT2D eigenvalue weighted by molar-refractivity contribution is 5.93. The Hall–Kier alpha value is -2.37. The van der Waals surface area contributed by atoms with Crippen molar-refractivity contribution in [3.05, 3.63) is 30.0 Å². The van der Waals surface area contributed by atoms with Gasteiger partial charge in [0.25, 0.3) is 0 Å². The fourth-order valence-corrected chi connectivity index (χ4v) is 2.20.